The standard InChI is InChI=1S/C11H8ClNO2/c12-9-3-1-7(2-4-9)8-5-10(11(14)15)13-6-8/h1-6,13H,(H,14,15)/p-1. The number of carbonyl (C=O) groups is 1. The van der Waals surface area contributed by atoms with E-state index in [4.69, 9.17) is 11.6 Å². The maximum Gasteiger partial charge on any atom is 0.0878 e. The van der Waals surface area contributed by atoms with Gasteiger partial charge >= 0.3 is 0 Å². The van der Waals surface area contributed by atoms with Crippen molar-refractivity contribution in [2.24, 2.45) is 0 Å². The molecule has 1 aromatic carbocycles. The molecule has 0 amide bonds. The number of carboxylic acid groups (broad SMARTS) is 1. The molecular formula is C11H7ClNO2-. The average Bonchev–Trinajstić information content (AvgIpc) is 2.68. The number of aromatic carboxylic acids is 1. The van der Waals surface area contributed by atoms with E-state index in [1.807, 2.05) is 12.1 Å². The number of hydrogen-bond acceptors (Lipinski definition) is 2. The van der Waals surface area contributed by atoms with Gasteiger partial charge < -0.3 is 14.9 Å². The molecule has 0 bridgehead atoms. The third-order valence-corrected chi connectivity index (χ3v) is 2.33. The molecule has 0 aliphatic heterocycles. The van der Waals surface area contributed by atoms with Crippen molar-refractivity contribution in [3.63, 3.8) is 0 Å². The Bertz CT molecular complexity index is 488. The van der Waals surface area contributed by atoms with Gasteiger partial charge in [0.05, 0.1) is 11.7 Å². The molecule has 2 rings (SSSR count). The lowest BCUT2D eigenvalue weighted by atomic mass is 10.1. The number of carboxylic acids is 1. The summed E-state index contributed by atoms with van der Waals surface area (Å²) in [5.41, 5.74) is 1.77. The van der Waals surface area contributed by atoms with Crippen molar-refractivity contribution in [3.05, 3.63) is 47.2 Å². The summed E-state index contributed by atoms with van der Waals surface area (Å²) in [7, 11) is 0. The zero-order valence-electron chi connectivity index (χ0n) is 7.66. The van der Waals surface area contributed by atoms with Crippen LogP contribution < -0.4 is 5.11 Å². The first-order chi connectivity index (χ1) is 7.16. The van der Waals surface area contributed by atoms with Crippen LogP contribution in [0, 0.1) is 0 Å². The Labute approximate surface area is 91.3 Å². The van der Waals surface area contributed by atoms with E-state index in [1.165, 1.54) is 6.07 Å². The third kappa shape index (κ3) is 2.02. The summed E-state index contributed by atoms with van der Waals surface area (Å²) in [6.45, 7) is 0. The first-order valence-electron chi connectivity index (χ1n) is 4.32. The molecule has 0 spiro atoms. The van der Waals surface area contributed by atoms with Gasteiger partial charge in [-0.25, -0.2) is 0 Å². The van der Waals surface area contributed by atoms with E-state index in [9.17, 15) is 9.90 Å². The van der Waals surface area contributed by atoms with Gasteiger partial charge in [0, 0.05) is 11.2 Å². The lowest BCUT2D eigenvalue weighted by Gasteiger charge is -1.97. The molecule has 0 atom stereocenters. The van der Waals surface area contributed by atoms with Gasteiger partial charge in [-0.15, -0.1) is 0 Å². The third-order valence-electron chi connectivity index (χ3n) is 2.08. The van der Waals surface area contributed by atoms with Crippen LogP contribution in [0.4, 0.5) is 0 Å². The Kier molecular flexibility index (Phi) is 2.47. The predicted molar refractivity (Wildman–Crippen MR) is 55.6 cm³/mol. The summed E-state index contributed by atoms with van der Waals surface area (Å²) in [5, 5.41) is 11.2. The number of rotatable bonds is 2. The molecule has 0 fully saturated rings. The molecule has 0 saturated carbocycles. The van der Waals surface area contributed by atoms with Gasteiger partial charge in [0.15, 0.2) is 0 Å². The van der Waals surface area contributed by atoms with Gasteiger partial charge in [0.1, 0.15) is 0 Å². The Morgan fingerprint density at radius 2 is 1.87 bits per heavy atom. The second-order valence-corrected chi connectivity index (χ2v) is 3.53. The highest BCUT2D eigenvalue weighted by Gasteiger charge is 2.01. The van der Waals surface area contributed by atoms with Gasteiger partial charge in [-0.1, -0.05) is 23.7 Å². The fourth-order valence-electron chi connectivity index (χ4n) is 1.32. The SMILES string of the molecule is O=C([O-])c1cc(-c2ccc(Cl)cc2)c[nH]1. The van der Waals surface area contributed by atoms with Crippen molar-refractivity contribution in [2.45, 2.75) is 0 Å². The van der Waals surface area contributed by atoms with Crippen molar-refractivity contribution in [2.75, 3.05) is 0 Å². The fraction of sp³-hybridized carbons (Fsp3) is 0. The van der Waals surface area contributed by atoms with Gasteiger partial charge in [0.2, 0.25) is 0 Å². The van der Waals surface area contributed by atoms with Crippen LogP contribution in [0.15, 0.2) is 36.5 Å². The number of hydrogen-bond donors (Lipinski definition) is 1. The maximum absolute atomic E-state index is 10.5. The largest absolute Gasteiger partial charge is 0.543 e. The number of aromatic nitrogens is 1. The van der Waals surface area contributed by atoms with E-state index in [-0.39, 0.29) is 5.69 Å². The summed E-state index contributed by atoms with van der Waals surface area (Å²) in [6.07, 6.45) is 1.62. The Morgan fingerprint density at radius 3 is 2.40 bits per heavy atom. The van der Waals surface area contributed by atoms with E-state index < -0.39 is 5.97 Å². The molecule has 1 N–H and O–H groups in total. The number of nitrogens with one attached hydrogen (secondary N) is 1. The lowest BCUT2D eigenvalue weighted by molar-refractivity contribution is -0.255. The molecule has 1 heterocycles. The number of aromatic amines is 1. The molecule has 0 radical (unpaired) electrons. The highest BCUT2D eigenvalue weighted by molar-refractivity contribution is 6.30. The number of benzene rings is 1. The van der Waals surface area contributed by atoms with Crippen molar-refractivity contribution >= 4 is 17.6 Å². The van der Waals surface area contributed by atoms with Crippen LogP contribution in [-0.2, 0) is 0 Å². The molecule has 0 saturated heterocycles. The maximum atomic E-state index is 10.5. The second kappa shape index (κ2) is 3.79. The topological polar surface area (TPSA) is 55.9 Å². The van der Waals surface area contributed by atoms with Crippen LogP contribution in [0.25, 0.3) is 11.1 Å². The van der Waals surface area contributed by atoms with Gasteiger partial charge in [0.25, 0.3) is 0 Å². The molecule has 2 aromatic rings. The van der Waals surface area contributed by atoms with E-state index >= 15 is 0 Å². The Balaban J connectivity index is 2.37. The van der Waals surface area contributed by atoms with Crippen molar-refractivity contribution in [1.29, 1.82) is 0 Å². The van der Waals surface area contributed by atoms with Crippen molar-refractivity contribution in [3.8, 4) is 11.1 Å². The van der Waals surface area contributed by atoms with E-state index in [0.717, 1.165) is 11.1 Å². The van der Waals surface area contributed by atoms with Crippen LogP contribution in [0.3, 0.4) is 0 Å². The highest BCUT2D eigenvalue weighted by atomic mass is 35.5. The fourth-order valence-corrected chi connectivity index (χ4v) is 1.45. The second-order valence-electron chi connectivity index (χ2n) is 3.10. The minimum atomic E-state index is -1.21. The van der Waals surface area contributed by atoms with E-state index in [1.54, 1.807) is 18.3 Å². The minimum Gasteiger partial charge on any atom is -0.543 e. The van der Waals surface area contributed by atoms with Gasteiger partial charge in [-0.05, 0) is 29.3 Å². The van der Waals surface area contributed by atoms with Crippen molar-refractivity contribution < 1.29 is 9.90 Å². The molecule has 3 nitrogen and oxygen atoms in total. The molecule has 0 aliphatic rings. The molecule has 0 aliphatic carbocycles. The Morgan fingerprint density at radius 1 is 1.20 bits per heavy atom. The van der Waals surface area contributed by atoms with Gasteiger partial charge in [-0.2, -0.15) is 0 Å². The summed E-state index contributed by atoms with van der Waals surface area (Å²) >= 11 is 5.74. The first kappa shape index (κ1) is 9.80. The quantitative estimate of drug-likeness (QED) is 0.838. The Hall–Kier alpha value is -1.74. The summed E-state index contributed by atoms with van der Waals surface area (Å²) in [6, 6.07) is 8.68. The summed E-state index contributed by atoms with van der Waals surface area (Å²) in [4.78, 5) is 13.2. The van der Waals surface area contributed by atoms with Gasteiger partial charge in [-0.3, -0.25) is 0 Å². The molecular weight excluding hydrogens is 214 g/mol. The lowest BCUT2D eigenvalue weighted by Crippen LogP contribution is -2.22. The normalized spacial score (nSPS) is 10.2. The molecule has 15 heavy (non-hydrogen) atoms. The van der Waals surface area contributed by atoms with Crippen LogP contribution in [0.1, 0.15) is 10.5 Å². The van der Waals surface area contributed by atoms with Crippen molar-refractivity contribution in [1.82, 2.24) is 4.98 Å². The predicted octanol–water partition coefficient (Wildman–Crippen LogP) is 1.70. The van der Waals surface area contributed by atoms with Crippen LogP contribution in [-0.4, -0.2) is 11.0 Å². The smallest absolute Gasteiger partial charge is 0.0878 e. The van der Waals surface area contributed by atoms with Crippen LogP contribution >= 0.6 is 11.6 Å². The molecule has 0 unspecified atom stereocenters. The van der Waals surface area contributed by atoms with E-state index in [2.05, 4.69) is 4.98 Å². The average molecular weight is 221 g/mol. The number of carbonyl (C=O) groups excluding carboxylic acids is 1. The zero-order chi connectivity index (χ0) is 10.8. The molecule has 4 heteroatoms. The number of H-pyrrole nitrogens is 1. The van der Waals surface area contributed by atoms with Crippen LogP contribution in [0.2, 0.25) is 5.02 Å². The molecule has 76 valence electrons. The number of halogens is 1. The highest BCUT2D eigenvalue weighted by Crippen LogP contribution is 2.21. The molecule has 1 aromatic heterocycles. The van der Waals surface area contributed by atoms with Crippen LogP contribution in [0.5, 0.6) is 0 Å². The minimum absolute atomic E-state index is 0.0694. The monoisotopic (exact) mass is 220 g/mol. The summed E-state index contributed by atoms with van der Waals surface area (Å²) in [5.74, 6) is -1.21. The zero-order valence-corrected chi connectivity index (χ0v) is 8.41. The first-order valence-corrected chi connectivity index (χ1v) is 4.70. The van der Waals surface area contributed by atoms with E-state index in [0.29, 0.717) is 5.02 Å². The summed E-state index contributed by atoms with van der Waals surface area (Å²) < 4.78 is 0.